The van der Waals surface area contributed by atoms with Gasteiger partial charge in [-0.2, -0.15) is 0 Å². The highest BCUT2D eigenvalue weighted by Gasteiger charge is 2.33. The molecule has 114 valence electrons. The predicted octanol–water partition coefficient (Wildman–Crippen LogP) is 5.36. The first-order valence-electron chi connectivity index (χ1n) is 7.57. The highest BCUT2D eigenvalue weighted by atomic mass is 32.2. The molecule has 3 heteroatoms. The number of thioether (sulfide) groups is 1. The summed E-state index contributed by atoms with van der Waals surface area (Å²) in [6.45, 7) is 0. The van der Waals surface area contributed by atoms with E-state index >= 15 is 0 Å². The molecule has 0 spiro atoms. The van der Waals surface area contributed by atoms with Crippen molar-refractivity contribution in [3.05, 3.63) is 90.0 Å². The van der Waals surface area contributed by atoms with Gasteiger partial charge < -0.3 is 9.84 Å². The lowest BCUT2D eigenvalue weighted by atomic mass is 10.00. The molecule has 3 aromatic rings. The molecule has 0 saturated heterocycles. The Labute approximate surface area is 139 Å². The molecular formula is C20H16O2S. The third-order valence-corrected chi connectivity index (χ3v) is 5.35. The van der Waals surface area contributed by atoms with Crippen molar-refractivity contribution in [2.24, 2.45) is 0 Å². The quantitative estimate of drug-likeness (QED) is 0.689. The highest BCUT2D eigenvalue weighted by Crippen LogP contribution is 2.52. The minimum Gasteiger partial charge on any atom is -0.508 e. The summed E-state index contributed by atoms with van der Waals surface area (Å²) in [5.74, 6) is 1.19. The van der Waals surface area contributed by atoms with Gasteiger partial charge in [0.2, 0.25) is 0 Å². The number of phenolic OH excluding ortho intramolecular Hbond substituents is 1. The summed E-state index contributed by atoms with van der Waals surface area (Å²) in [7, 11) is 0. The first kappa shape index (κ1) is 14.2. The summed E-state index contributed by atoms with van der Waals surface area (Å²) in [5.41, 5.74) is 2.31. The van der Waals surface area contributed by atoms with Gasteiger partial charge in [0, 0.05) is 0 Å². The molecule has 0 fully saturated rings. The Hall–Kier alpha value is -2.39. The molecule has 4 rings (SSSR count). The van der Waals surface area contributed by atoms with E-state index in [1.807, 2.05) is 48.2 Å². The maximum absolute atomic E-state index is 9.55. The summed E-state index contributed by atoms with van der Waals surface area (Å²) in [6.07, 6.45) is -0.0853. The van der Waals surface area contributed by atoms with Crippen LogP contribution in [0.3, 0.4) is 0 Å². The van der Waals surface area contributed by atoms with Gasteiger partial charge in [0.25, 0.3) is 0 Å². The molecule has 0 aromatic heterocycles. The first-order chi connectivity index (χ1) is 11.3. The maximum atomic E-state index is 9.55. The fourth-order valence-electron chi connectivity index (χ4n) is 2.83. The van der Waals surface area contributed by atoms with E-state index in [1.54, 1.807) is 12.1 Å². The lowest BCUT2D eigenvalue weighted by molar-refractivity contribution is 0.191. The Kier molecular flexibility index (Phi) is 3.72. The number of phenols is 1. The van der Waals surface area contributed by atoms with Crippen LogP contribution < -0.4 is 4.74 Å². The Morgan fingerprint density at radius 2 is 1.43 bits per heavy atom. The van der Waals surface area contributed by atoms with E-state index in [0.29, 0.717) is 0 Å². The fourth-order valence-corrected chi connectivity index (χ4v) is 4.13. The molecule has 0 amide bonds. The second-order valence-electron chi connectivity index (χ2n) is 5.53. The standard InChI is InChI=1S/C20H16O2S/c21-16-12-10-14(11-13-16)19-20(15-6-2-1-3-7-15)23-18-9-5-4-8-17(18)22-19/h1-13,19-21H/t19-,20+/m1/s1. The molecule has 1 aliphatic heterocycles. The predicted molar refractivity (Wildman–Crippen MR) is 93.0 cm³/mol. The van der Waals surface area contributed by atoms with Crippen LogP contribution in [-0.4, -0.2) is 5.11 Å². The number of fused-ring (bicyclic) bond motifs is 1. The van der Waals surface area contributed by atoms with Gasteiger partial charge in [-0.15, -0.1) is 11.8 Å². The number of hydrogen-bond acceptors (Lipinski definition) is 3. The van der Waals surface area contributed by atoms with Crippen LogP contribution in [0.1, 0.15) is 22.5 Å². The van der Waals surface area contributed by atoms with Gasteiger partial charge in [0.05, 0.1) is 10.1 Å². The lowest BCUT2D eigenvalue weighted by Gasteiger charge is -2.33. The molecule has 3 aromatic carbocycles. The summed E-state index contributed by atoms with van der Waals surface area (Å²) in [5, 5.41) is 9.73. The van der Waals surface area contributed by atoms with Gasteiger partial charge >= 0.3 is 0 Å². The van der Waals surface area contributed by atoms with Crippen molar-refractivity contribution in [2.75, 3.05) is 0 Å². The van der Waals surface area contributed by atoms with Crippen LogP contribution in [0.2, 0.25) is 0 Å². The van der Waals surface area contributed by atoms with Crippen LogP contribution in [0.15, 0.2) is 83.8 Å². The molecule has 1 heterocycles. The lowest BCUT2D eigenvalue weighted by Crippen LogP contribution is -2.19. The van der Waals surface area contributed by atoms with E-state index in [-0.39, 0.29) is 17.1 Å². The fraction of sp³-hybridized carbons (Fsp3) is 0.100. The Morgan fingerprint density at radius 3 is 2.22 bits per heavy atom. The van der Waals surface area contributed by atoms with Gasteiger partial charge in [-0.25, -0.2) is 0 Å². The number of para-hydroxylation sites is 1. The van der Waals surface area contributed by atoms with Gasteiger partial charge in [-0.05, 0) is 35.4 Å². The smallest absolute Gasteiger partial charge is 0.140 e. The molecule has 2 nitrogen and oxygen atoms in total. The van der Waals surface area contributed by atoms with Crippen molar-refractivity contribution in [2.45, 2.75) is 16.2 Å². The highest BCUT2D eigenvalue weighted by molar-refractivity contribution is 7.99. The molecule has 1 aliphatic rings. The average Bonchev–Trinajstić information content (AvgIpc) is 2.62. The Bertz CT molecular complexity index is 799. The minimum absolute atomic E-state index is 0.0853. The average molecular weight is 320 g/mol. The van der Waals surface area contributed by atoms with Gasteiger partial charge in [-0.1, -0.05) is 54.6 Å². The van der Waals surface area contributed by atoms with Crippen LogP contribution in [0, 0.1) is 0 Å². The monoisotopic (exact) mass is 320 g/mol. The Balaban J connectivity index is 1.78. The molecule has 23 heavy (non-hydrogen) atoms. The zero-order valence-electron chi connectivity index (χ0n) is 12.4. The number of rotatable bonds is 2. The number of benzene rings is 3. The summed E-state index contributed by atoms with van der Waals surface area (Å²) < 4.78 is 6.32. The number of hydrogen-bond donors (Lipinski definition) is 1. The summed E-state index contributed by atoms with van der Waals surface area (Å²) in [4.78, 5) is 1.16. The van der Waals surface area contributed by atoms with Gasteiger partial charge in [-0.3, -0.25) is 0 Å². The second kappa shape index (κ2) is 6.01. The van der Waals surface area contributed by atoms with Crippen LogP contribution in [-0.2, 0) is 0 Å². The molecule has 0 saturated carbocycles. The summed E-state index contributed by atoms with van der Waals surface area (Å²) >= 11 is 1.83. The molecule has 2 atom stereocenters. The molecule has 1 N–H and O–H groups in total. The van der Waals surface area contributed by atoms with Crippen molar-refractivity contribution in [1.82, 2.24) is 0 Å². The first-order valence-corrected chi connectivity index (χ1v) is 8.45. The van der Waals surface area contributed by atoms with Crippen LogP contribution in [0.25, 0.3) is 0 Å². The van der Waals surface area contributed by atoms with E-state index in [1.165, 1.54) is 5.56 Å². The normalized spacial score (nSPS) is 19.7. The molecule has 0 bridgehead atoms. The van der Waals surface area contributed by atoms with Crippen LogP contribution >= 0.6 is 11.8 Å². The van der Waals surface area contributed by atoms with E-state index < -0.39 is 0 Å². The minimum atomic E-state index is -0.0853. The third-order valence-electron chi connectivity index (χ3n) is 3.98. The van der Waals surface area contributed by atoms with E-state index in [2.05, 4.69) is 30.3 Å². The van der Waals surface area contributed by atoms with E-state index in [4.69, 9.17) is 4.74 Å². The van der Waals surface area contributed by atoms with E-state index in [9.17, 15) is 5.11 Å². The topological polar surface area (TPSA) is 29.5 Å². The molecule has 0 aliphatic carbocycles. The Morgan fingerprint density at radius 1 is 0.739 bits per heavy atom. The largest absolute Gasteiger partial charge is 0.508 e. The second-order valence-corrected chi connectivity index (χ2v) is 6.71. The van der Waals surface area contributed by atoms with Crippen molar-refractivity contribution in [1.29, 1.82) is 0 Å². The van der Waals surface area contributed by atoms with Crippen LogP contribution in [0.4, 0.5) is 0 Å². The molecular weight excluding hydrogens is 304 g/mol. The van der Waals surface area contributed by atoms with E-state index in [0.717, 1.165) is 16.2 Å². The van der Waals surface area contributed by atoms with Crippen molar-refractivity contribution in [3.63, 3.8) is 0 Å². The summed E-state index contributed by atoms with van der Waals surface area (Å²) in [6, 6.07) is 25.9. The SMILES string of the molecule is Oc1ccc([C@H]2Oc3ccccc3S[C@H]2c2ccccc2)cc1. The number of ether oxygens (including phenoxy) is 1. The number of aromatic hydroxyl groups is 1. The zero-order chi connectivity index (χ0) is 15.6. The molecule has 0 radical (unpaired) electrons. The van der Waals surface area contributed by atoms with Gasteiger partial charge in [0.15, 0.2) is 0 Å². The van der Waals surface area contributed by atoms with Gasteiger partial charge in [0.1, 0.15) is 17.6 Å². The zero-order valence-corrected chi connectivity index (χ0v) is 13.2. The maximum Gasteiger partial charge on any atom is 0.140 e. The van der Waals surface area contributed by atoms with Crippen molar-refractivity contribution < 1.29 is 9.84 Å². The molecule has 0 unspecified atom stereocenters. The van der Waals surface area contributed by atoms with Crippen molar-refractivity contribution in [3.8, 4) is 11.5 Å². The third kappa shape index (κ3) is 2.80. The van der Waals surface area contributed by atoms with Crippen molar-refractivity contribution >= 4 is 11.8 Å². The van der Waals surface area contributed by atoms with Crippen LogP contribution in [0.5, 0.6) is 11.5 Å².